The van der Waals surface area contributed by atoms with Crippen LogP contribution in [0.2, 0.25) is 0 Å². The molecule has 0 unspecified atom stereocenters. The second kappa shape index (κ2) is 8.95. The molecule has 4 aliphatic heterocycles. The van der Waals surface area contributed by atoms with Crippen LogP contribution in [0.5, 0.6) is 0 Å². The number of nitrogens with one attached hydrogen (secondary N) is 1. The van der Waals surface area contributed by atoms with Crippen molar-refractivity contribution in [1.82, 2.24) is 20.1 Å². The van der Waals surface area contributed by atoms with Crippen LogP contribution in [0.4, 0.5) is 5.69 Å². The number of rotatable bonds is 1. The molecule has 190 valence electrons. The number of nitrogens with zero attached hydrogens (tertiary/aromatic N) is 4. The highest BCUT2D eigenvalue weighted by atomic mass is 32.1. The van der Waals surface area contributed by atoms with E-state index >= 15 is 0 Å². The maximum Gasteiger partial charge on any atom is 0.265 e. The summed E-state index contributed by atoms with van der Waals surface area (Å²) in [5.41, 5.74) is 1.73. The fraction of sp³-hybridized carbons (Fsp3) is 0.556. The number of carbonyl (C=O) groups is 3. The smallest absolute Gasteiger partial charge is 0.265 e. The molecule has 4 aliphatic rings. The first-order valence-electron chi connectivity index (χ1n) is 13.1. The second-order valence-corrected chi connectivity index (χ2v) is 11.7. The Bertz CT molecular complexity index is 1230. The van der Waals surface area contributed by atoms with E-state index in [0.717, 1.165) is 41.3 Å². The average Bonchev–Trinajstić information content (AvgIpc) is 3.59. The van der Waals surface area contributed by atoms with Gasteiger partial charge in [0.05, 0.1) is 16.6 Å². The average molecular weight is 508 g/mol. The molecule has 2 bridgehead atoms. The number of hydrogen-bond donors (Lipinski definition) is 1. The van der Waals surface area contributed by atoms with E-state index in [1.165, 1.54) is 11.3 Å². The lowest BCUT2D eigenvalue weighted by atomic mass is 9.78. The third-order valence-corrected chi connectivity index (χ3v) is 9.50. The maximum atomic E-state index is 14.4. The lowest BCUT2D eigenvalue weighted by molar-refractivity contribution is -0.138. The zero-order chi connectivity index (χ0) is 25.0. The summed E-state index contributed by atoms with van der Waals surface area (Å²) in [5, 5.41) is 4.02. The standard InChI is InChI=1S/C27H33N5O3S/c1-17-23(36-18(2)29-17)25(34)30-12-6-11-28-24(33)21-16-19-8-5-15-32(19)27(21)20-9-3-4-10-22(20)31(26(27)35)14-7-13-30/h3-4,9-10,19,21H,5-8,11-16H2,1-2H3,(H,28,33)/t19-,21-,27+/m0/s1. The van der Waals surface area contributed by atoms with Crippen LogP contribution in [-0.4, -0.2) is 71.3 Å². The molecule has 0 radical (unpaired) electrons. The number of benzene rings is 1. The number of aromatic nitrogens is 1. The van der Waals surface area contributed by atoms with Crippen LogP contribution in [0.15, 0.2) is 24.3 Å². The van der Waals surface area contributed by atoms with Gasteiger partial charge in [-0.15, -0.1) is 11.3 Å². The molecule has 3 saturated heterocycles. The van der Waals surface area contributed by atoms with Crippen molar-refractivity contribution in [2.24, 2.45) is 5.92 Å². The Kier molecular flexibility index (Phi) is 5.87. The normalized spacial score (nSPS) is 28.6. The highest BCUT2D eigenvalue weighted by molar-refractivity contribution is 7.13. The molecule has 9 heteroatoms. The largest absolute Gasteiger partial charge is 0.356 e. The fourth-order valence-electron chi connectivity index (χ4n) is 7.00. The summed E-state index contributed by atoms with van der Waals surface area (Å²) in [6.45, 7) is 6.76. The van der Waals surface area contributed by atoms with Crippen LogP contribution in [0.1, 0.15) is 58.0 Å². The van der Waals surface area contributed by atoms with Crippen LogP contribution in [0.25, 0.3) is 0 Å². The molecule has 1 spiro atoms. The Morgan fingerprint density at radius 3 is 2.69 bits per heavy atom. The summed E-state index contributed by atoms with van der Waals surface area (Å²) in [5.74, 6) is -0.428. The number of amides is 3. The molecule has 0 aliphatic carbocycles. The first kappa shape index (κ1) is 23.6. The third kappa shape index (κ3) is 3.43. The molecule has 3 amide bonds. The number of fused-ring (bicyclic) bond motifs is 4. The molecular weight excluding hydrogens is 474 g/mol. The van der Waals surface area contributed by atoms with Crippen molar-refractivity contribution in [2.75, 3.05) is 37.6 Å². The van der Waals surface area contributed by atoms with Gasteiger partial charge >= 0.3 is 0 Å². The number of carbonyl (C=O) groups excluding carboxylic acids is 3. The highest BCUT2D eigenvalue weighted by Gasteiger charge is 2.67. The first-order chi connectivity index (χ1) is 17.4. The van der Waals surface area contributed by atoms with Gasteiger partial charge in [0.2, 0.25) is 5.91 Å². The number of anilines is 1. The second-order valence-electron chi connectivity index (χ2n) is 10.5. The summed E-state index contributed by atoms with van der Waals surface area (Å²) in [6, 6.07) is 8.28. The predicted octanol–water partition coefficient (Wildman–Crippen LogP) is 2.84. The maximum absolute atomic E-state index is 14.4. The van der Waals surface area contributed by atoms with Gasteiger partial charge in [-0.1, -0.05) is 18.2 Å². The SMILES string of the molecule is Cc1nc(C)c(C(=O)N2CCCNC(=O)[C@@H]3C[C@@H]4CCCN4[C@@]34C(=O)N(CCC2)c2ccccc24)s1. The van der Waals surface area contributed by atoms with Crippen LogP contribution >= 0.6 is 11.3 Å². The van der Waals surface area contributed by atoms with Crippen molar-refractivity contribution in [1.29, 1.82) is 0 Å². The lowest BCUT2D eigenvalue weighted by Crippen LogP contribution is -2.56. The van der Waals surface area contributed by atoms with Gasteiger partial charge < -0.3 is 15.1 Å². The van der Waals surface area contributed by atoms with Crippen molar-refractivity contribution in [2.45, 2.75) is 57.5 Å². The minimum absolute atomic E-state index is 0.0132. The number of aryl methyl sites for hydroxylation is 2. The number of thiazole rings is 1. The Morgan fingerprint density at radius 1 is 1.08 bits per heavy atom. The van der Waals surface area contributed by atoms with Gasteiger partial charge in [-0.2, -0.15) is 0 Å². The van der Waals surface area contributed by atoms with Crippen molar-refractivity contribution >= 4 is 34.7 Å². The van der Waals surface area contributed by atoms with Gasteiger partial charge in [0.1, 0.15) is 10.4 Å². The molecule has 5 heterocycles. The van der Waals surface area contributed by atoms with E-state index in [-0.39, 0.29) is 23.8 Å². The minimum Gasteiger partial charge on any atom is -0.356 e. The van der Waals surface area contributed by atoms with Crippen molar-refractivity contribution < 1.29 is 14.4 Å². The summed E-state index contributed by atoms with van der Waals surface area (Å²) < 4.78 is 0. The Morgan fingerprint density at radius 2 is 1.89 bits per heavy atom. The quantitative estimate of drug-likeness (QED) is 0.642. The van der Waals surface area contributed by atoms with Crippen LogP contribution in [0, 0.1) is 19.8 Å². The van der Waals surface area contributed by atoms with Crippen LogP contribution in [-0.2, 0) is 15.1 Å². The van der Waals surface area contributed by atoms with Gasteiger partial charge in [-0.25, -0.2) is 4.98 Å². The molecular formula is C27H33N5O3S. The van der Waals surface area contributed by atoms with Crippen molar-refractivity contribution in [3.63, 3.8) is 0 Å². The van der Waals surface area contributed by atoms with Gasteiger partial charge in [0, 0.05) is 43.5 Å². The van der Waals surface area contributed by atoms with E-state index in [9.17, 15) is 14.4 Å². The lowest BCUT2D eigenvalue weighted by Gasteiger charge is -2.37. The minimum atomic E-state index is -0.914. The van der Waals surface area contributed by atoms with Crippen LogP contribution in [0.3, 0.4) is 0 Å². The van der Waals surface area contributed by atoms with Crippen LogP contribution < -0.4 is 10.2 Å². The Hall–Kier alpha value is -2.78. The molecule has 36 heavy (non-hydrogen) atoms. The molecule has 8 nitrogen and oxygen atoms in total. The van der Waals surface area contributed by atoms with E-state index in [2.05, 4.69) is 15.2 Å². The molecule has 0 saturated carbocycles. The van der Waals surface area contributed by atoms with E-state index in [1.54, 1.807) is 0 Å². The zero-order valence-electron chi connectivity index (χ0n) is 21.0. The third-order valence-electron chi connectivity index (χ3n) is 8.43. The molecule has 1 N–H and O–H groups in total. The van der Waals surface area contributed by atoms with Gasteiger partial charge in [0.25, 0.3) is 11.8 Å². The van der Waals surface area contributed by atoms with E-state index < -0.39 is 11.5 Å². The summed E-state index contributed by atoms with van der Waals surface area (Å²) in [6.07, 6.45) is 4.16. The van der Waals surface area contributed by atoms with Gasteiger partial charge in [0.15, 0.2) is 0 Å². The molecule has 1 aromatic heterocycles. The van der Waals surface area contributed by atoms with E-state index in [1.807, 2.05) is 47.9 Å². The molecule has 6 rings (SSSR count). The summed E-state index contributed by atoms with van der Waals surface area (Å²) in [4.78, 5) is 52.6. The molecule has 3 fully saturated rings. The Balaban J connectivity index is 1.35. The first-order valence-corrected chi connectivity index (χ1v) is 13.9. The van der Waals surface area contributed by atoms with Gasteiger partial charge in [-0.05, 0) is 58.6 Å². The molecule has 2 aromatic rings. The molecule has 1 aromatic carbocycles. The van der Waals surface area contributed by atoms with Gasteiger partial charge in [-0.3, -0.25) is 19.3 Å². The van der Waals surface area contributed by atoms with Crippen molar-refractivity contribution in [3.05, 3.63) is 45.4 Å². The fourth-order valence-corrected chi connectivity index (χ4v) is 7.88. The summed E-state index contributed by atoms with van der Waals surface area (Å²) >= 11 is 1.43. The zero-order valence-corrected chi connectivity index (χ0v) is 21.8. The monoisotopic (exact) mass is 507 g/mol. The van der Waals surface area contributed by atoms with E-state index in [0.29, 0.717) is 50.3 Å². The topological polar surface area (TPSA) is 85.9 Å². The van der Waals surface area contributed by atoms with Crippen molar-refractivity contribution in [3.8, 4) is 0 Å². The molecule has 3 atom stereocenters. The number of hydrogen-bond acceptors (Lipinski definition) is 6. The highest BCUT2D eigenvalue weighted by Crippen LogP contribution is 2.57. The number of para-hydroxylation sites is 1. The predicted molar refractivity (Wildman–Crippen MR) is 138 cm³/mol. The summed E-state index contributed by atoms with van der Waals surface area (Å²) in [7, 11) is 0. The Labute approximate surface area is 215 Å². The van der Waals surface area contributed by atoms with E-state index in [4.69, 9.17) is 0 Å².